The summed E-state index contributed by atoms with van der Waals surface area (Å²) in [5.41, 5.74) is 0.565. The number of aryl methyl sites for hydroxylation is 1. The van der Waals surface area contributed by atoms with Gasteiger partial charge in [0, 0.05) is 31.6 Å². The second-order valence-electron chi connectivity index (χ2n) is 6.29. The van der Waals surface area contributed by atoms with Crippen LogP contribution in [0.1, 0.15) is 22.3 Å². The molecule has 2 amide bonds. The molecule has 0 saturated heterocycles. The van der Waals surface area contributed by atoms with Gasteiger partial charge < -0.3 is 10.6 Å². The summed E-state index contributed by atoms with van der Waals surface area (Å²) >= 11 is 0. The van der Waals surface area contributed by atoms with Crippen molar-refractivity contribution >= 4 is 21.8 Å². The van der Waals surface area contributed by atoms with Crippen molar-refractivity contribution in [1.29, 1.82) is 0 Å². The maximum Gasteiger partial charge on any atom is 0.251 e. The monoisotopic (exact) mass is 443 g/mol. The van der Waals surface area contributed by atoms with Gasteiger partial charge in [0.15, 0.2) is 11.6 Å². The number of rotatable bonds is 9. The molecule has 2 aromatic carbocycles. The van der Waals surface area contributed by atoms with Crippen LogP contribution in [0.15, 0.2) is 41.3 Å². The average molecular weight is 443 g/mol. The van der Waals surface area contributed by atoms with Crippen LogP contribution in [0.4, 0.5) is 13.2 Å². The third-order valence-corrected chi connectivity index (χ3v) is 5.47. The van der Waals surface area contributed by atoms with Gasteiger partial charge in [-0.15, -0.1) is 0 Å². The predicted octanol–water partition coefficient (Wildman–Crippen LogP) is 1.63. The predicted molar refractivity (Wildman–Crippen MR) is 103 cm³/mol. The number of hydrogen-bond donors (Lipinski definition) is 3. The summed E-state index contributed by atoms with van der Waals surface area (Å²) in [4.78, 5) is 23.2. The lowest BCUT2D eigenvalue weighted by atomic mass is 10.1. The zero-order valence-electron chi connectivity index (χ0n) is 16.0. The fourth-order valence-electron chi connectivity index (χ4n) is 2.33. The first kappa shape index (κ1) is 23.4. The fraction of sp³-hybridized carbons (Fsp3) is 0.263. The third kappa shape index (κ3) is 6.56. The van der Waals surface area contributed by atoms with Crippen LogP contribution in [-0.4, -0.2) is 39.9 Å². The van der Waals surface area contributed by atoms with Crippen LogP contribution in [-0.2, 0) is 14.8 Å². The van der Waals surface area contributed by atoms with Crippen LogP contribution in [0.25, 0.3) is 0 Å². The summed E-state index contributed by atoms with van der Waals surface area (Å²) in [7, 11) is -4.09. The van der Waals surface area contributed by atoms with Gasteiger partial charge in [-0.1, -0.05) is 6.07 Å². The number of amides is 2. The SMILES string of the molecule is Cc1ccc(C(=O)NCCNC(=O)CCNS(=O)(=O)c2ccc(F)c(F)c2)cc1F. The number of nitrogens with one attached hydrogen (secondary N) is 3. The standard InChI is InChI=1S/C19H20F3N3O4S/c1-12-2-3-13(10-16(12)21)19(27)24-9-8-23-18(26)6-7-25-30(28,29)14-4-5-15(20)17(22)11-14/h2-5,10-11,25H,6-9H2,1H3,(H,23,26)(H,24,27). The molecule has 0 heterocycles. The van der Waals surface area contributed by atoms with Crippen LogP contribution >= 0.6 is 0 Å². The van der Waals surface area contributed by atoms with E-state index in [2.05, 4.69) is 15.4 Å². The molecule has 0 aliphatic heterocycles. The summed E-state index contributed by atoms with van der Waals surface area (Å²) in [5, 5.41) is 5.00. The molecule has 2 rings (SSSR count). The second-order valence-corrected chi connectivity index (χ2v) is 8.06. The summed E-state index contributed by atoms with van der Waals surface area (Å²) < 4.78 is 65.6. The first-order valence-electron chi connectivity index (χ1n) is 8.86. The molecule has 0 radical (unpaired) electrons. The largest absolute Gasteiger partial charge is 0.354 e. The van der Waals surface area contributed by atoms with E-state index in [0.717, 1.165) is 12.1 Å². The van der Waals surface area contributed by atoms with Gasteiger partial charge in [0.25, 0.3) is 5.91 Å². The van der Waals surface area contributed by atoms with E-state index in [9.17, 15) is 31.2 Å². The molecule has 3 N–H and O–H groups in total. The van der Waals surface area contributed by atoms with Crippen molar-refractivity contribution in [3.05, 3.63) is 65.0 Å². The molecule has 162 valence electrons. The van der Waals surface area contributed by atoms with Crippen molar-refractivity contribution in [3.63, 3.8) is 0 Å². The molecule has 11 heteroatoms. The van der Waals surface area contributed by atoms with Crippen molar-refractivity contribution < 1.29 is 31.2 Å². The lowest BCUT2D eigenvalue weighted by molar-refractivity contribution is -0.120. The lowest BCUT2D eigenvalue weighted by Crippen LogP contribution is -2.36. The zero-order chi connectivity index (χ0) is 22.3. The van der Waals surface area contributed by atoms with Gasteiger partial charge in [0.05, 0.1) is 4.90 Å². The Balaban J connectivity index is 1.70. The Labute approximate surface area is 171 Å². The normalized spacial score (nSPS) is 11.2. The van der Waals surface area contributed by atoms with Crippen LogP contribution in [0.2, 0.25) is 0 Å². The Morgan fingerprint density at radius 1 is 0.867 bits per heavy atom. The lowest BCUT2D eigenvalue weighted by Gasteiger charge is -2.09. The van der Waals surface area contributed by atoms with Gasteiger partial charge in [-0.25, -0.2) is 26.3 Å². The minimum absolute atomic E-state index is 0.0782. The van der Waals surface area contributed by atoms with E-state index in [1.807, 2.05) is 0 Å². The highest BCUT2D eigenvalue weighted by Gasteiger charge is 2.16. The number of carbonyl (C=O) groups is 2. The van der Waals surface area contributed by atoms with Gasteiger partial charge in [0.2, 0.25) is 15.9 Å². The molecule has 0 fully saturated rings. The Morgan fingerprint density at radius 2 is 1.57 bits per heavy atom. The van der Waals surface area contributed by atoms with Crippen molar-refractivity contribution in [1.82, 2.24) is 15.4 Å². The minimum atomic E-state index is -4.09. The Bertz CT molecular complexity index is 1050. The number of hydrogen-bond acceptors (Lipinski definition) is 4. The van der Waals surface area contributed by atoms with Gasteiger partial charge >= 0.3 is 0 Å². The van der Waals surface area contributed by atoms with Crippen molar-refractivity contribution in [2.45, 2.75) is 18.2 Å². The van der Waals surface area contributed by atoms with Crippen LogP contribution in [0, 0.1) is 24.4 Å². The molecule has 7 nitrogen and oxygen atoms in total. The van der Waals surface area contributed by atoms with E-state index >= 15 is 0 Å². The molecule has 0 aliphatic rings. The van der Waals surface area contributed by atoms with E-state index in [4.69, 9.17) is 0 Å². The van der Waals surface area contributed by atoms with Crippen LogP contribution in [0.5, 0.6) is 0 Å². The molecular formula is C19H20F3N3O4S. The molecule has 0 saturated carbocycles. The summed E-state index contributed by atoms with van der Waals surface area (Å²) in [6.45, 7) is 1.47. The highest BCUT2D eigenvalue weighted by Crippen LogP contribution is 2.13. The first-order chi connectivity index (χ1) is 14.1. The van der Waals surface area contributed by atoms with E-state index in [-0.39, 0.29) is 31.6 Å². The maximum atomic E-state index is 13.5. The summed E-state index contributed by atoms with van der Waals surface area (Å²) in [6, 6.07) is 6.21. The van der Waals surface area contributed by atoms with Crippen LogP contribution < -0.4 is 15.4 Å². The maximum absolute atomic E-state index is 13.5. The Hall–Kier alpha value is -2.92. The molecule has 0 aliphatic carbocycles. The molecule has 0 atom stereocenters. The molecule has 0 bridgehead atoms. The molecule has 0 aromatic heterocycles. The highest BCUT2D eigenvalue weighted by atomic mass is 32.2. The van der Waals surface area contributed by atoms with Crippen molar-refractivity contribution in [3.8, 4) is 0 Å². The zero-order valence-corrected chi connectivity index (χ0v) is 16.8. The number of benzene rings is 2. The second kappa shape index (κ2) is 10.2. The Morgan fingerprint density at radius 3 is 2.23 bits per heavy atom. The highest BCUT2D eigenvalue weighted by molar-refractivity contribution is 7.89. The van der Waals surface area contributed by atoms with Gasteiger partial charge in [-0.3, -0.25) is 9.59 Å². The van der Waals surface area contributed by atoms with Crippen molar-refractivity contribution in [2.24, 2.45) is 0 Å². The summed E-state index contributed by atoms with van der Waals surface area (Å²) in [5.74, 6) is -3.96. The topological polar surface area (TPSA) is 104 Å². The van der Waals surface area contributed by atoms with Crippen molar-refractivity contribution in [2.75, 3.05) is 19.6 Å². The smallest absolute Gasteiger partial charge is 0.251 e. The van der Waals surface area contributed by atoms with E-state index < -0.39 is 44.2 Å². The molecule has 0 unspecified atom stereocenters. The molecule has 2 aromatic rings. The molecular weight excluding hydrogens is 423 g/mol. The quantitative estimate of drug-likeness (QED) is 0.513. The summed E-state index contributed by atoms with van der Waals surface area (Å²) in [6.07, 6.45) is -0.208. The van der Waals surface area contributed by atoms with Gasteiger partial charge in [-0.05, 0) is 42.8 Å². The number of halogens is 3. The van der Waals surface area contributed by atoms with E-state index in [0.29, 0.717) is 17.7 Å². The van der Waals surface area contributed by atoms with Crippen LogP contribution in [0.3, 0.4) is 0 Å². The molecule has 30 heavy (non-hydrogen) atoms. The van der Waals surface area contributed by atoms with E-state index in [1.165, 1.54) is 12.1 Å². The molecule has 0 spiro atoms. The third-order valence-electron chi connectivity index (χ3n) is 4.01. The van der Waals surface area contributed by atoms with Gasteiger partial charge in [0.1, 0.15) is 5.82 Å². The minimum Gasteiger partial charge on any atom is -0.354 e. The van der Waals surface area contributed by atoms with Gasteiger partial charge in [-0.2, -0.15) is 0 Å². The number of sulfonamides is 1. The number of carbonyl (C=O) groups excluding carboxylic acids is 2. The first-order valence-corrected chi connectivity index (χ1v) is 10.3. The Kier molecular flexibility index (Phi) is 7.95. The van der Waals surface area contributed by atoms with E-state index in [1.54, 1.807) is 6.92 Å². The average Bonchev–Trinajstić information content (AvgIpc) is 2.69. The fourth-order valence-corrected chi connectivity index (χ4v) is 3.37.